The summed E-state index contributed by atoms with van der Waals surface area (Å²) < 4.78 is 0. The van der Waals surface area contributed by atoms with Gasteiger partial charge in [-0.05, 0) is 43.0 Å². The number of benzene rings is 2. The predicted octanol–water partition coefficient (Wildman–Crippen LogP) is 3.47. The van der Waals surface area contributed by atoms with Crippen LogP contribution in [-0.2, 0) is 16.1 Å². The largest absolute Gasteiger partial charge is 0.380 e. The molecule has 1 aromatic heterocycles. The van der Waals surface area contributed by atoms with Gasteiger partial charge in [0, 0.05) is 34.7 Å². The number of hydrogen-bond acceptors (Lipinski definition) is 6. The maximum Gasteiger partial charge on any atom is 0.255 e. The number of rotatable bonds is 7. The van der Waals surface area contributed by atoms with Gasteiger partial charge in [0.2, 0.25) is 0 Å². The average Bonchev–Trinajstić information content (AvgIpc) is 3.51. The van der Waals surface area contributed by atoms with Crippen molar-refractivity contribution in [2.24, 2.45) is 0 Å². The van der Waals surface area contributed by atoms with E-state index in [1.54, 1.807) is 23.5 Å². The number of carbonyl (C=O) groups excluding carboxylic acids is 2. The summed E-state index contributed by atoms with van der Waals surface area (Å²) in [5.74, 6) is -1.48. The Hall–Kier alpha value is -2.78. The summed E-state index contributed by atoms with van der Waals surface area (Å²) in [6.45, 7) is 2.53. The highest BCUT2D eigenvalue weighted by atomic mass is 35.5. The van der Waals surface area contributed by atoms with Crippen molar-refractivity contribution in [3.05, 3.63) is 75.8 Å². The summed E-state index contributed by atoms with van der Waals surface area (Å²) in [6, 6.07) is 14.5. The molecule has 3 atom stereocenters. The first-order valence-corrected chi connectivity index (χ1v) is 12.3. The van der Waals surface area contributed by atoms with E-state index in [9.17, 15) is 19.8 Å². The molecule has 0 spiro atoms. The number of aromatic nitrogens is 1. The number of amides is 2. The lowest BCUT2D eigenvalue weighted by atomic mass is 10.0. The minimum atomic E-state index is -1.87. The number of hydrogen-bond donors (Lipinski definition) is 3. The van der Waals surface area contributed by atoms with Gasteiger partial charge in [-0.1, -0.05) is 48.0 Å². The molecular formula is C25H26ClN3O4S. The number of aliphatic hydroxyl groups excluding tert-OH is 2. The van der Waals surface area contributed by atoms with Crippen molar-refractivity contribution in [3.63, 3.8) is 0 Å². The van der Waals surface area contributed by atoms with Gasteiger partial charge in [0.25, 0.3) is 11.8 Å². The van der Waals surface area contributed by atoms with E-state index in [1.807, 2.05) is 48.7 Å². The van der Waals surface area contributed by atoms with Crippen LogP contribution in [0.4, 0.5) is 0 Å². The van der Waals surface area contributed by atoms with Crippen molar-refractivity contribution < 1.29 is 19.8 Å². The Balaban J connectivity index is 1.34. The summed E-state index contributed by atoms with van der Waals surface area (Å²) in [6.07, 6.45) is -2.24. The second-order valence-corrected chi connectivity index (χ2v) is 9.64. The molecule has 9 heteroatoms. The fourth-order valence-corrected chi connectivity index (χ4v) is 5.09. The SMILES string of the molecule is Cc1csc(-c2ccc(CNC(=O)[C@H](O)[C@@H](O)C(=O)N3CCCC3c3cccc(Cl)c3)cc2)n1. The van der Waals surface area contributed by atoms with Crippen LogP contribution in [0, 0.1) is 6.92 Å². The quantitative estimate of drug-likeness (QED) is 0.462. The fourth-order valence-electron chi connectivity index (χ4n) is 4.08. The highest BCUT2D eigenvalue weighted by molar-refractivity contribution is 7.13. The fraction of sp³-hybridized carbons (Fsp3) is 0.320. The molecule has 2 amide bonds. The van der Waals surface area contributed by atoms with E-state index in [1.165, 1.54) is 4.90 Å². The second-order valence-electron chi connectivity index (χ2n) is 8.34. The van der Waals surface area contributed by atoms with E-state index in [0.29, 0.717) is 11.6 Å². The zero-order valence-electron chi connectivity index (χ0n) is 18.6. The molecule has 0 saturated carbocycles. The standard InChI is InChI=1S/C25H26ClN3O4S/c1-15-14-34-24(28-15)17-9-7-16(8-10-17)13-27-23(32)21(30)22(31)25(33)29-11-3-6-20(29)18-4-2-5-19(26)12-18/h2,4-5,7-10,12,14,20-22,30-31H,3,6,11,13H2,1H3,(H,27,32)/t20?,21-,22-/m1/s1. The van der Waals surface area contributed by atoms with Crippen molar-refractivity contribution in [3.8, 4) is 10.6 Å². The number of carbonyl (C=O) groups is 2. The molecule has 3 N–H and O–H groups in total. The highest BCUT2D eigenvalue weighted by Crippen LogP contribution is 2.33. The zero-order chi connectivity index (χ0) is 24.2. The molecule has 3 aromatic rings. The Bertz CT molecular complexity index is 1170. The highest BCUT2D eigenvalue weighted by Gasteiger charge is 2.38. The first-order chi connectivity index (χ1) is 16.3. The number of halogens is 1. The van der Waals surface area contributed by atoms with Crippen LogP contribution in [0.3, 0.4) is 0 Å². The van der Waals surface area contributed by atoms with Gasteiger partial charge in [-0.15, -0.1) is 11.3 Å². The number of nitrogens with one attached hydrogen (secondary N) is 1. The maximum absolute atomic E-state index is 12.9. The van der Waals surface area contributed by atoms with Gasteiger partial charge in [0.05, 0.1) is 6.04 Å². The lowest BCUT2D eigenvalue weighted by Crippen LogP contribution is -2.50. The summed E-state index contributed by atoms with van der Waals surface area (Å²) in [5, 5.41) is 26.9. The topological polar surface area (TPSA) is 103 Å². The summed E-state index contributed by atoms with van der Waals surface area (Å²) in [5.41, 5.74) is 3.63. The molecule has 2 heterocycles. The normalized spacial score (nSPS) is 17.4. The van der Waals surface area contributed by atoms with E-state index in [4.69, 9.17) is 11.6 Å². The molecule has 0 bridgehead atoms. The predicted molar refractivity (Wildman–Crippen MR) is 131 cm³/mol. The van der Waals surface area contributed by atoms with Crippen LogP contribution in [0.1, 0.15) is 35.7 Å². The third kappa shape index (κ3) is 5.47. The molecule has 1 unspecified atom stereocenters. The second kappa shape index (κ2) is 10.7. The molecule has 1 aliphatic heterocycles. The summed E-state index contributed by atoms with van der Waals surface area (Å²) in [7, 11) is 0. The molecule has 1 fully saturated rings. The van der Waals surface area contributed by atoms with Crippen LogP contribution in [-0.4, -0.2) is 50.7 Å². The van der Waals surface area contributed by atoms with Gasteiger partial charge in [-0.3, -0.25) is 9.59 Å². The third-order valence-corrected chi connectivity index (χ3v) is 7.12. The number of nitrogens with zero attached hydrogens (tertiary/aromatic N) is 2. The van der Waals surface area contributed by atoms with E-state index >= 15 is 0 Å². The van der Waals surface area contributed by atoms with Crippen LogP contribution in [0.5, 0.6) is 0 Å². The summed E-state index contributed by atoms with van der Waals surface area (Å²) >= 11 is 7.64. The molecule has 34 heavy (non-hydrogen) atoms. The van der Waals surface area contributed by atoms with Crippen LogP contribution < -0.4 is 5.32 Å². The minimum Gasteiger partial charge on any atom is -0.380 e. The van der Waals surface area contributed by atoms with Crippen LogP contribution in [0.25, 0.3) is 10.6 Å². The number of thiazole rings is 1. The van der Waals surface area contributed by atoms with E-state index in [0.717, 1.165) is 40.2 Å². The van der Waals surface area contributed by atoms with Gasteiger partial charge in [0.15, 0.2) is 12.2 Å². The van der Waals surface area contributed by atoms with Crippen molar-refractivity contribution >= 4 is 34.8 Å². The number of aliphatic hydroxyl groups is 2. The van der Waals surface area contributed by atoms with Gasteiger partial charge < -0.3 is 20.4 Å². The monoisotopic (exact) mass is 499 g/mol. The molecule has 0 aliphatic carbocycles. The molecular weight excluding hydrogens is 474 g/mol. The third-order valence-electron chi connectivity index (χ3n) is 5.88. The Morgan fingerprint density at radius 1 is 1.21 bits per heavy atom. The Kier molecular flexibility index (Phi) is 7.63. The molecule has 1 aliphatic rings. The van der Waals surface area contributed by atoms with Gasteiger partial charge in [-0.25, -0.2) is 4.98 Å². The maximum atomic E-state index is 12.9. The Morgan fingerprint density at radius 2 is 1.97 bits per heavy atom. The molecule has 0 radical (unpaired) electrons. The van der Waals surface area contributed by atoms with Crippen LogP contribution in [0.2, 0.25) is 5.02 Å². The van der Waals surface area contributed by atoms with Crippen molar-refractivity contribution in [1.29, 1.82) is 0 Å². The first-order valence-electron chi connectivity index (χ1n) is 11.0. The van der Waals surface area contributed by atoms with Crippen LogP contribution >= 0.6 is 22.9 Å². The number of likely N-dealkylation sites (tertiary alicyclic amines) is 1. The average molecular weight is 500 g/mol. The Labute approximate surface area is 207 Å². The van der Waals surface area contributed by atoms with Crippen molar-refractivity contribution in [2.75, 3.05) is 6.54 Å². The first kappa shape index (κ1) is 24.3. The van der Waals surface area contributed by atoms with Crippen molar-refractivity contribution in [2.45, 2.75) is 44.6 Å². The van der Waals surface area contributed by atoms with Gasteiger partial charge >= 0.3 is 0 Å². The van der Waals surface area contributed by atoms with E-state index in [-0.39, 0.29) is 12.6 Å². The zero-order valence-corrected chi connectivity index (χ0v) is 20.2. The number of aryl methyl sites for hydroxylation is 1. The Morgan fingerprint density at radius 3 is 2.65 bits per heavy atom. The lowest BCUT2D eigenvalue weighted by molar-refractivity contribution is -0.153. The van der Waals surface area contributed by atoms with Crippen LogP contribution in [0.15, 0.2) is 53.9 Å². The van der Waals surface area contributed by atoms with E-state index < -0.39 is 24.0 Å². The smallest absolute Gasteiger partial charge is 0.255 e. The van der Waals surface area contributed by atoms with Gasteiger partial charge in [0.1, 0.15) is 5.01 Å². The van der Waals surface area contributed by atoms with Gasteiger partial charge in [-0.2, -0.15) is 0 Å². The van der Waals surface area contributed by atoms with Crippen molar-refractivity contribution in [1.82, 2.24) is 15.2 Å². The molecule has 178 valence electrons. The molecule has 4 rings (SSSR count). The minimum absolute atomic E-state index is 0.156. The molecule has 2 aromatic carbocycles. The van der Waals surface area contributed by atoms with E-state index in [2.05, 4.69) is 10.3 Å². The summed E-state index contributed by atoms with van der Waals surface area (Å²) in [4.78, 5) is 31.3. The lowest BCUT2D eigenvalue weighted by Gasteiger charge is -2.28. The molecule has 1 saturated heterocycles. The molecule has 7 nitrogen and oxygen atoms in total.